The Balaban J connectivity index is 2.40. The summed E-state index contributed by atoms with van der Waals surface area (Å²) in [5.41, 5.74) is 4.79. The molecule has 1 fully saturated rings. The van der Waals surface area contributed by atoms with E-state index in [-0.39, 0.29) is 11.7 Å². The highest BCUT2D eigenvalue weighted by molar-refractivity contribution is 5.86. The first kappa shape index (κ1) is 18.6. The molecule has 1 atom stereocenters. The summed E-state index contributed by atoms with van der Waals surface area (Å²) in [7, 11) is 0. The molecule has 7 heteroatoms. The summed E-state index contributed by atoms with van der Waals surface area (Å²) in [6.07, 6.45) is -3.73. The molecule has 1 aliphatic carbocycles. The molecule has 0 bridgehead atoms. The number of rotatable bonds is 3. The van der Waals surface area contributed by atoms with Crippen LogP contribution in [0.25, 0.3) is 0 Å². The average Bonchev–Trinajstić information content (AvgIpc) is 3.16. The summed E-state index contributed by atoms with van der Waals surface area (Å²) in [6.45, 7) is 6.87. The zero-order valence-electron chi connectivity index (χ0n) is 14.3. The standard InChI is InChI=1S/C17H23F3N2O2/c1-10(21)16(7-8-16)12-6-5-11(17(18,19)20)9-13(12)22-14(23)24-15(2,3)4/h5-6,9-10H,7-8,21H2,1-4H3,(H,22,23). The predicted molar refractivity (Wildman–Crippen MR) is 85.9 cm³/mol. The number of amides is 1. The maximum atomic E-state index is 13.0. The highest BCUT2D eigenvalue weighted by Gasteiger charge is 2.49. The van der Waals surface area contributed by atoms with Gasteiger partial charge in [-0.15, -0.1) is 0 Å². The van der Waals surface area contributed by atoms with Crippen LogP contribution in [0, 0.1) is 0 Å². The molecule has 2 rings (SSSR count). The lowest BCUT2D eigenvalue weighted by Crippen LogP contribution is -2.33. The number of carbonyl (C=O) groups excluding carboxylic acids is 1. The third-order valence-electron chi connectivity index (χ3n) is 4.18. The number of carbonyl (C=O) groups is 1. The van der Waals surface area contributed by atoms with Crippen LogP contribution in [0.2, 0.25) is 0 Å². The second kappa shape index (κ2) is 5.95. The molecule has 4 nitrogen and oxygen atoms in total. The third-order valence-corrected chi connectivity index (χ3v) is 4.18. The zero-order chi connectivity index (χ0) is 18.3. The Kier molecular flexibility index (Phi) is 4.61. The second-order valence-electron chi connectivity index (χ2n) is 7.33. The Bertz CT molecular complexity index is 630. The van der Waals surface area contributed by atoms with E-state index in [0.717, 1.165) is 25.0 Å². The van der Waals surface area contributed by atoms with Crippen LogP contribution in [-0.4, -0.2) is 17.7 Å². The fraction of sp³-hybridized carbons (Fsp3) is 0.588. The van der Waals surface area contributed by atoms with E-state index in [1.54, 1.807) is 20.8 Å². The van der Waals surface area contributed by atoms with Crippen LogP contribution >= 0.6 is 0 Å². The van der Waals surface area contributed by atoms with Gasteiger partial charge in [0.1, 0.15) is 5.60 Å². The molecule has 3 N–H and O–H groups in total. The van der Waals surface area contributed by atoms with Crippen molar-refractivity contribution in [2.45, 2.75) is 63.8 Å². The maximum absolute atomic E-state index is 13.0. The van der Waals surface area contributed by atoms with Crippen LogP contribution in [-0.2, 0) is 16.3 Å². The van der Waals surface area contributed by atoms with Crippen molar-refractivity contribution in [2.75, 3.05) is 5.32 Å². The van der Waals surface area contributed by atoms with Crippen molar-refractivity contribution < 1.29 is 22.7 Å². The highest BCUT2D eigenvalue weighted by Crippen LogP contribution is 2.53. The van der Waals surface area contributed by atoms with Crippen LogP contribution < -0.4 is 11.1 Å². The number of halogens is 3. The van der Waals surface area contributed by atoms with Crippen molar-refractivity contribution in [3.8, 4) is 0 Å². The summed E-state index contributed by atoms with van der Waals surface area (Å²) in [6, 6.07) is 3.15. The van der Waals surface area contributed by atoms with E-state index in [9.17, 15) is 18.0 Å². The second-order valence-corrected chi connectivity index (χ2v) is 7.33. The van der Waals surface area contributed by atoms with Gasteiger partial charge in [0.2, 0.25) is 0 Å². The normalized spacial score (nSPS) is 18.0. The van der Waals surface area contributed by atoms with E-state index in [2.05, 4.69) is 5.32 Å². The lowest BCUT2D eigenvalue weighted by molar-refractivity contribution is -0.137. The van der Waals surface area contributed by atoms with Gasteiger partial charge in [0.15, 0.2) is 0 Å². The Morgan fingerprint density at radius 2 is 1.88 bits per heavy atom. The number of alkyl halides is 3. The monoisotopic (exact) mass is 344 g/mol. The Hall–Kier alpha value is -1.76. The van der Waals surface area contributed by atoms with Gasteiger partial charge >= 0.3 is 12.3 Å². The molecule has 1 aliphatic rings. The average molecular weight is 344 g/mol. The molecule has 1 unspecified atom stereocenters. The van der Waals surface area contributed by atoms with Gasteiger partial charge in [-0.25, -0.2) is 4.79 Å². The molecule has 0 heterocycles. The lowest BCUT2D eigenvalue weighted by atomic mass is 9.87. The van der Waals surface area contributed by atoms with Crippen LogP contribution in [0.5, 0.6) is 0 Å². The lowest BCUT2D eigenvalue weighted by Gasteiger charge is -2.25. The van der Waals surface area contributed by atoms with Crippen LogP contribution in [0.1, 0.15) is 51.7 Å². The molecule has 1 saturated carbocycles. The summed E-state index contributed by atoms with van der Waals surface area (Å²) in [4.78, 5) is 12.0. The Morgan fingerprint density at radius 1 is 1.29 bits per heavy atom. The van der Waals surface area contributed by atoms with E-state index < -0.39 is 28.8 Å². The Morgan fingerprint density at radius 3 is 2.29 bits per heavy atom. The van der Waals surface area contributed by atoms with Crippen molar-refractivity contribution in [1.29, 1.82) is 0 Å². The third kappa shape index (κ3) is 4.01. The number of hydrogen-bond acceptors (Lipinski definition) is 3. The molecule has 0 aliphatic heterocycles. The first-order valence-corrected chi connectivity index (χ1v) is 7.82. The van der Waals surface area contributed by atoms with E-state index in [1.165, 1.54) is 6.07 Å². The minimum atomic E-state index is -4.49. The molecule has 0 aromatic heterocycles. The van der Waals surface area contributed by atoms with Crippen LogP contribution in [0.4, 0.5) is 23.7 Å². The molecule has 134 valence electrons. The molecular formula is C17H23F3N2O2. The van der Waals surface area contributed by atoms with Gasteiger partial charge in [0, 0.05) is 17.1 Å². The minimum absolute atomic E-state index is 0.105. The topological polar surface area (TPSA) is 64.3 Å². The van der Waals surface area contributed by atoms with Crippen molar-refractivity contribution in [3.63, 3.8) is 0 Å². The zero-order valence-corrected chi connectivity index (χ0v) is 14.3. The largest absolute Gasteiger partial charge is 0.444 e. The fourth-order valence-electron chi connectivity index (χ4n) is 2.78. The molecule has 0 radical (unpaired) electrons. The summed E-state index contributed by atoms with van der Waals surface area (Å²) < 4.78 is 44.2. The van der Waals surface area contributed by atoms with Gasteiger partial charge in [-0.1, -0.05) is 6.07 Å². The molecule has 1 amide bonds. The molecule has 1 aromatic rings. The summed E-state index contributed by atoms with van der Waals surface area (Å²) in [5, 5.41) is 2.46. The SMILES string of the molecule is CC(N)C1(c2ccc(C(F)(F)F)cc2NC(=O)OC(C)(C)C)CC1. The highest BCUT2D eigenvalue weighted by atomic mass is 19.4. The summed E-state index contributed by atoms with van der Waals surface area (Å²) in [5.74, 6) is 0. The van der Waals surface area contributed by atoms with Crippen LogP contribution in [0.15, 0.2) is 18.2 Å². The van der Waals surface area contributed by atoms with Gasteiger partial charge in [-0.2, -0.15) is 13.2 Å². The number of nitrogens with two attached hydrogens (primary N) is 1. The maximum Gasteiger partial charge on any atom is 0.416 e. The van der Waals surface area contributed by atoms with E-state index in [0.29, 0.717) is 5.56 Å². The number of anilines is 1. The van der Waals surface area contributed by atoms with Gasteiger partial charge in [-0.3, -0.25) is 5.32 Å². The quantitative estimate of drug-likeness (QED) is 0.852. The molecule has 0 saturated heterocycles. The van der Waals surface area contributed by atoms with Crippen molar-refractivity contribution in [2.24, 2.45) is 5.73 Å². The van der Waals surface area contributed by atoms with E-state index >= 15 is 0 Å². The fourth-order valence-corrected chi connectivity index (χ4v) is 2.78. The first-order chi connectivity index (χ1) is 10.8. The number of ether oxygens (including phenoxy) is 1. The summed E-state index contributed by atoms with van der Waals surface area (Å²) >= 11 is 0. The van der Waals surface area contributed by atoms with E-state index in [1.807, 2.05) is 6.92 Å². The number of hydrogen-bond donors (Lipinski definition) is 2. The van der Waals surface area contributed by atoms with Gasteiger partial charge in [0.05, 0.1) is 5.56 Å². The predicted octanol–water partition coefficient (Wildman–Crippen LogP) is 4.43. The molecule has 24 heavy (non-hydrogen) atoms. The number of benzene rings is 1. The molecule has 0 spiro atoms. The van der Waals surface area contributed by atoms with Gasteiger partial charge in [0.25, 0.3) is 0 Å². The van der Waals surface area contributed by atoms with Crippen molar-refractivity contribution in [1.82, 2.24) is 0 Å². The van der Waals surface area contributed by atoms with Crippen molar-refractivity contribution >= 4 is 11.8 Å². The van der Waals surface area contributed by atoms with Gasteiger partial charge in [-0.05, 0) is 58.2 Å². The minimum Gasteiger partial charge on any atom is -0.444 e. The first-order valence-electron chi connectivity index (χ1n) is 7.82. The molecular weight excluding hydrogens is 321 g/mol. The van der Waals surface area contributed by atoms with Crippen LogP contribution in [0.3, 0.4) is 0 Å². The number of nitrogens with one attached hydrogen (secondary N) is 1. The molecule has 1 aromatic carbocycles. The van der Waals surface area contributed by atoms with Gasteiger partial charge < -0.3 is 10.5 Å². The van der Waals surface area contributed by atoms with E-state index in [4.69, 9.17) is 10.5 Å². The Labute approximate surface area is 139 Å². The smallest absolute Gasteiger partial charge is 0.416 e. The van der Waals surface area contributed by atoms with Crippen molar-refractivity contribution in [3.05, 3.63) is 29.3 Å².